The SMILES string of the molecule is C=Cc1nc(C)sc1/N=C\C. The van der Waals surface area contributed by atoms with Gasteiger partial charge < -0.3 is 0 Å². The van der Waals surface area contributed by atoms with Crippen molar-refractivity contribution in [2.45, 2.75) is 13.8 Å². The molecule has 0 aromatic carbocycles. The zero-order chi connectivity index (χ0) is 8.27. The Morgan fingerprint density at radius 1 is 1.64 bits per heavy atom. The summed E-state index contributed by atoms with van der Waals surface area (Å²) in [6.45, 7) is 7.51. The van der Waals surface area contributed by atoms with Crippen LogP contribution in [0.5, 0.6) is 0 Å². The number of thiazole rings is 1. The number of aromatic nitrogens is 1. The predicted octanol–water partition coefficient (Wildman–Crippen LogP) is 2.82. The van der Waals surface area contributed by atoms with E-state index in [1.807, 2.05) is 13.8 Å². The molecule has 1 rings (SSSR count). The van der Waals surface area contributed by atoms with E-state index in [4.69, 9.17) is 0 Å². The van der Waals surface area contributed by atoms with Gasteiger partial charge in [0, 0.05) is 6.21 Å². The van der Waals surface area contributed by atoms with E-state index < -0.39 is 0 Å². The second kappa shape index (κ2) is 3.44. The molecule has 0 amide bonds. The van der Waals surface area contributed by atoms with Gasteiger partial charge in [-0.15, -0.1) is 0 Å². The van der Waals surface area contributed by atoms with Crippen molar-refractivity contribution in [3.05, 3.63) is 17.3 Å². The highest BCUT2D eigenvalue weighted by atomic mass is 32.1. The standard InChI is InChI=1S/C8H10N2S/c1-4-7-8(9-5-2)11-6(3)10-7/h4-5H,1H2,2-3H3/b9-5-. The molecule has 11 heavy (non-hydrogen) atoms. The highest BCUT2D eigenvalue weighted by molar-refractivity contribution is 7.15. The van der Waals surface area contributed by atoms with E-state index in [2.05, 4.69) is 16.6 Å². The summed E-state index contributed by atoms with van der Waals surface area (Å²) in [4.78, 5) is 8.39. The van der Waals surface area contributed by atoms with E-state index >= 15 is 0 Å². The number of aliphatic imine (C=N–C) groups is 1. The number of hydrogen-bond acceptors (Lipinski definition) is 3. The van der Waals surface area contributed by atoms with Crippen LogP contribution in [0.4, 0.5) is 5.00 Å². The first-order valence-corrected chi connectivity index (χ1v) is 4.18. The Balaban J connectivity index is 3.11. The fourth-order valence-electron chi connectivity index (χ4n) is 0.775. The highest BCUT2D eigenvalue weighted by Gasteiger charge is 2.02. The van der Waals surface area contributed by atoms with Crippen molar-refractivity contribution in [1.29, 1.82) is 0 Å². The van der Waals surface area contributed by atoms with Crippen LogP contribution in [0.3, 0.4) is 0 Å². The molecule has 0 fully saturated rings. The zero-order valence-corrected chi connectivity index (χ0v) is 7.48. The number of rotatable bonds is 2. The minimum absolute atomic E-state index is 0.880. The molecule has 3 heteroatoms. The molecule has 1 aromatic rings. The minimum atomic E-state index is 0.880. The molecule has 0 spiro atoms. The lowest BCUT2D eigenvalue weighted by Gasteiger charge is -1.84. The summed E-state index contributed by atoms with van der Waals surface area (Å²) in [7, 11) is 0. The molecule has 1 heterocycles. The third kappa shape index (κ3) is 1.74. The predicted molar refractivity (Wildman–Crippen MR) is 50.8 cm³/mol. The third-order valence-electron chi connectivity index (χ3n) is 1.18. The van der Waals surface area contributed by atoms with Gasteiger partial charge in [-0.1, -0.05) is 17.9 Å². The fourth-order valence-corrected chi connectivity index (χ4v) is 1.59. The molecule has 0 aliphatic carbocycles. The van der Waals surface area contributed by atoms with Gasteiger partial charge >= 0.3 is 0 Å². The van der Waals surface area contributed by atoms with Crippen LogP contribution in [0, 0.1) is 6.92 Å². The Bertz CT molecular complexity index is 286. The lowest BCUT2D eigenvalue weighted by Crippen LogP contribution is -1.70. The summed E-state index contributed by atoms with van der Waals surface area (Å²) in [5, 5.41) is 1.97. The minimum Gasteiger partial charge on any atom is -0.248 e. The van der Waals surface area contributed by atoms with Crippen molar-refractivity contribution in [2.24, 2.45) is 4.99 Å². The van der Waals surface area contributed by atoms with Gasteiger partial charge in [0.2, 0.25) is 0 Å². The summed E-state index contributed by atoms with van der Waals surface area (Å²) >= 11 is 1.58. The number of aryl methyl sites for hydroxylation is 1. The summed E-state index contributed by atoms with van der Waals surface area (Å²) in [6.07, 6.45) is 3.49. The number of hydrogen-bond donors (Lipinski definition) is 0. The quantitative estimate of drug-likeness (QED) is 0.620. The van der Waals surface area contributed by atoms with Gasteiger partial charge in [0.1, 0.15) is 5.00 Å². The normalized spacial score (nSPS) is 10.7. The van der Waals surface area contributed by atoms with Crippen molar-refractivity contribution in [3.8, 4) is 0 Å². The molecule has 0 radical (unpaired) electrons. The Morgan fingerprint density at radius 2 is 2.36 bits per heavy atom. The Labute approximate surface area is 70.3 Å². The Kier molecular flexibility index (Phi) is 2.54. The number of nitrogens with zero attached hydrogens (tertiary/aromatic N) is 2. The first-order valence-electron chi connectivity index (χ1n) is 3.36. The molecule has 0 N–H and O–H groups in total. The molecule has 0 aliphatic rings. The van der Waals surface area contributed by atoms with Crippen molar-refractivity contribution < 1.29 is 0 Å². The maximum atomic E-state index is 4.23. The maximum Gasteiger partial charge on any atom is 0.142 e. The maximum absolute atomic E-state index is 4.23. The van der Waals surface area contributed by atoms with Gasteiger partial charge in [-0.05, 0) is 19.9 Å². The molecule has 0 bridgehead atoms. The molecule has 58 valence electrons. The van der Waals surface area contributed by atoms with Crippen molar-refractivity contribution in [2.75, 3.05) is 0 Å². The van der Waals surface area contributed by atoms with E-state index in [-0.39, 0.29) is 0 Å². The average molecular weight is 166 g/mol. The smallest absolute Gasteiger partial charge is 0.142 e. The van der Waals surface area contributed by atoms with Gasteiger partial charge in [-0.25, -0.2) is 9.98 Å². The van der Waals surface area contributed by atoms with Crippen LogP contribution in [0.2, 0.25) is 0 Å². The average Bonchev–Trinajstić information content (AvgIpc) is 2.32. The highest BCUT2D eigenvalue weighted by Crippen LogP contribution is 2.27. The lowest BCUT2D eigenvalue weighted by atomic mass is 10.4. The van der Waals surface area contributed by atoms with Gasteiger partial charge in [-0.2, -0.15) is 0 Å². The second-order valence-electron chi connectivity index (χ2n) is 2.01. The third-order valence-corrected chi connectivity index (χ3v) is 2.08. The summed E-state index contributed by atoms with van der Waals surface area (Å²) < 4.78 is 0. The van der Waals surface area contributed by atoms with Crippen LogP contribution in [0.1, 0.15) is 17.6 Å². The first-order chi connectivity index (χ1) is 5.27. The van der Waals surface area contributed by atoms with Crippen LogP contribution in [0.15, 0.2) is 11.6 Å². The summed E-state index contributed by atoms with van der Waals surface area (Å²) in [5.74, 6) is 0. The molecule has 0 aliphatic heterocycles. The van der Waals surface area contributed by atoms with Crippen LogP contribution in [-0.2, 0) is 0 Å². The van der Waals surface area contributed by atoms with E-state index in [1.165, 1.54) is 0 Å². The van der Waals surface area contributed by atoms with E-state index in [0.29, 0.717) is 0 Å². The Morgan fingerprint density at radius 3 is 2.91 bits per heavy atom. The molecule has 0 atom stereocenters. The lowest BCUT2D eigenvalue weighted by molar-refractivity contribution is 1.27. The molecule has 0 saturated heterocycles. The monoisotopic (exact) mass is 166 g/mol. The van der Waals surface area contributed by atoms with Crippen LogP contribution >= 0.6 is 11.3 Å². The van der Waals surface area contributed by atoms with E-state index in [1.54, 1.807) is 23.6 Å². The molecule has 2 nitrogen and oxygen atoms in total. The molecular formula is C8H10N2S. The fraction of sp³-hybridized carbons (Fsp3) is 0.250. The zero-order valence-electron chi connectivity index (χ0n) is 6.66. The van der Waals surface area contributed by atoms with Crippen molar-refractivity contribution in [1.82, 2.24) is 4.98 Å². The summed E-state index contributed by atoms with van der Waals surface area (Å²) in [6, 6.07) is 0. The second-order valence-corrected chi connectivity index (χ2v) is 3.20. The Hall–Kier alpha value is -0.960. The molecule has 0 saturated carbocycles. The van der Waals surface area contributed by atoms with Gasteiger partial charge in [0.05, 0.1) is 10.7 Å². The van der Waals surface area contributed by atoms with Crippen LogP contribution in [0.25, 0.3) is 6.08 Å². The molecule has 1 aromatic heterocycles. The topological polar surface area (TPSA) is 25.2 Å². The van der Waals surface area contributed by atoms with Crippen molar-refractivity contribution in [3.63, 3.8) is 0 Å². The molecule has 0 unspecified atom stereocenters. The first kappa shape index (κ1) is 8.14. The van der Waals surface area contributed by atoms with Crippen LogP contribution in [-0.4, -0.2) is 11.2 Å². The largest absolute Gasteiger partial charge is 0.248 e. The van der Waals surface area contributed by atoms with Crippen LogP contribution < -0.4 is 0 Å². The van der Waals surface area contributed by atoms with Crippen molar-refractivity contribution >= 4 is 28.6 Å². The summed E-state index contributed by atoms with van der Waals surface area (Å²) in [5.41, 5.74) is 0.880. The van der Waals surface area contributed by atoms with Gasteiger partial charge in [0.15, 0.2) is 0 Å². The molecular weight excluding hydrogens is 156 g/mol. The van der Waals surface area contributed by atoms with Gasteiger partial charge in [-0.3, -0.25) is 0 Å². The van der Waals surface area contributed by atoms with E-state index in [9.17, 15) is 0 Å². The van der Waals surface area contributed by atoms with Gasteiger partial charge in [0.25, 0.3) is 0 Å². The van der Waals surface area contributed by atoms with E-state index in [0.717, 1.165) is 15.7 Å².